The third-order valence-corrected chi connectivity index (χ3v) is 6.65. The fraction of sp³-hybridized carbons (Fsp3) is 0.458. The van der Waals surface area contributed by atoms with Crippen molar-refractivity contribution in [1.29, 1.82) is 0 Å². The number of halogens is 4. The van der Waals surface area contributed by atoms with Crippen LogP contribution in [-0.2, 0) is 0 Å². The summed E-state index contributed by atoms with van der Waals surface area (Å²) in [6, 6.07) is 3.80. The molecule has 2 saturated heterocycles. The number of ether oxygens (including phenoxy) is 1. The summed E-state index contributed by atoms with van der Waals surface area (Å²) >= 11 is 0. The lowest BCUT2D eigenvalue weighted by atomic mass is 9.98. The van der Waals surface area contributed by atoms with Gasteiger partial charge in [-0.1, -0.05) is 0 Å². The number of nitrogens with zero attached hydrogens (tertiary/aromatic N) is 5. The molecule has 192 valence electrons. The molecule has 2 aromatic heterocycles. The van der Waals surface area contributed by atoms with Crippen LogP contribution in [0.2, 0.25) is 0 Å². The molecule has 5 rings (SSSR count). The number of piperidine rings is 1. The van der Waals surface area contributed by atoms with E-state index < -0.39 is 35.4 Å². The van der Waals surface area contributed by atoms with E-state index in [1.807, 2.05) is 13.1 Å². The quantitative estimate of drug-likeness (QED) is 0.539. The Morgan fingerprint density at radius 3 is 2.69 bits per heavy atom. The van der Waals surface area contributed by atoms with Crippen LogP contribution in [0.5, 0.6) is 5.75 Å². The first-order chi connectivity index (χ1) is 17.1. The second-order valence-electron chi connectivity index (χ2n) is 9.31. The van der Waals surface area contributed by atoms with Crippen LogP contribution in [0.25, 0.3) is 5.65 Å². The zero-order valence-electron chi connectivity index (χ0n) is 19.6. The number of alkyl halides is 3. The first-order valence-electron chi connectivity index (χ1n) is 11.8. The third-order valence-electron chi connectivity index (χ3n) is 6.65. The van der Waals surface area contributed by atoms with Gasteiger partial charge in [-0.2, -0.15) is 5.10 Å². The third kappa shape index (κ3) is 4.81. The fourth-order valence-electron chi connectivity index (χ4n) is 5.00. The summed E-state index contributed by atoms with van der Waals surface area (Å²) in [7, 11) is 0. The van der Waals surface area contributed by atoms with Gasteiger partial charge < -0.3 is 20.3 Å². The molecule has 36 heavy (non-hydrogen) atoms. The summed E-state index contributed by atoms with van der Waals surface area (Å²) in [5.74, 6) is -1.49. The van der Waals surface area contributed by atoms with Crippen molar-refractivity contribution in [3.8, 4) is 5.75 Å². The van der Waals surface area contributed by atoms with Gasteiger partial charge in [0.2, 0.25) is 0 Å². The van der Waals surface area contributed by atoms with E-state index in [1.54, 1.807) is 10.6 Å². The van der Waals surface area contributed by atoms with Crippen molar-refractivity contribution < 1.29 is 27.1 Å². The number of likely N-dealkylation sites (tertiary alicyclic amines) is 1. The summed E-state index contributed by atoms with van der Waals surface area (Å²) in [5.41, 5.74) is 7.66. The molecule has 2 atom stereocenters. The molecular formula is C24H26F4N6O2. The van der Waals surface area contributed by atoms with Crippen molar-refractivity contribution in [2.45, 2.75) is 51.1 Å². The largest absolute Gasteiger partial charge is 0.573 e. The number of nitrogens with two attached hydrogens (primary N) is 1. The molecule has 0 saturated carbocycles. The van der Waals surface area contributed by atoms with E-state index in [-0.39, 0.29) is 6.04 Å². The molecule has 0 aliphatic carbocycles. The van der Waals surface area contributed by atoms with E-state index >= 15 is 0 Å². The van der Waals surface area contributed by atoms with Gasteiger partial charge in [-0.25, -0.2) is 13.9 Å². The van der Waals surface area contributed by atoms with Crippen molar-refractivity contribution in [3.05, 3.63) is 53.1 Å². The average molecular weight is 507 g/mol. The maximum atomic E-state index is 14.0. The van der Waals surface area contributed by atoms with Crippen LogP contribution in [0, 0.1) is 12.7 Å². The zero-order valence-corrected chi connectivity index (χ0v) is 19.6. The topological polar surface area (TPSA) is 89.0 Å². The highest BCUT2D eigenvalue weighted by Gasteiger charge is 2.36. The van der Waals surface area contributed by atoms with Crippen LogP contribution in [-0.4, -0.2) is 57.4 Å². The monoisotopic (exact) mass is 506 g/mol. The van der Waals surface area contributed by atoms with E-state index in [4.69, 9.17) is 10.7 Å². The van der Waals surface area contributed by atoms with Gasteiger partial charge in [0.05, 0.1) is 17.3 Å². The highest BCUT2D eigenvalue weighted by atomic mass is 19.4. The molecule has 2 N–H and O–H groups in total. The molecule has 0 radical (unpaired) electrons. The molecule has 8 nitrogen and oxygen atoms in total. The molecule has 0 spiro atoms. The standard InChI is InChI=1S/C24H26F4N6O2/c1-14-12-34-21(30-22(14)32-9-7-16(29)13-32)11-18(31-34)19-4-2-3-8-33(19)23(35)17-10-15(25)5-6-20(17)36-24(26,27)28/h5-6,10-12,16,19H,2-4,7-9,13,29H2,1H3. The Kier molecular flexibility index (Phi) is 6.23. The number of hydrogen-bond donors (Lipinski definition) is 1. The second-order valence-corrected chi connectivity index (χ2v) is 9.31. The normalized spacial score (nSPS) is 20.8. The molecule has 2 aliphatic heterocycles. The lowest BCUT2D eigenvalue weighted by Crippen LogP contribution is -2.39. The number of benzene rings is 1. The van der Waals surface area contributed by atoms with Gasteiger partial charge in [-0.3, -0.25) is 4.79 Å². The van der Waals surface area contributed by atoms with Gasteiger partial charge in [-0.05, 0) is 50.8 Å². The molecule has 1 amide bonds. The van der Waals surface area contributed by atoms with Crippen LogP contribution in [0.15, 0.2) is 30.5 Å². The minimum atomic E-state index is -5.02. The lowest BCUT2D eigenvalue weighted by Gasteiger charge is -2.35. The second kappa shape index (κ2) is 9.23. The summed E-state index contributed by atoms with van der Waals surface area (Å²) in [4.78, 5) is 21.8. The van der Waals surface area contributed by atoms with Crippen molar-refractivity contribution in [1.82, 2.24) is 19.5 Å². The fourth-order valence-corrected chi connectivity index (χ4v) is 5.00. The molecule has 2 fully saturated rings. The summed E-state index contributed by atoms with van der Waals surface area (Å²) < 4.78 is 58.4. The Labute approximate surface area is 204 Å². The van der Waals surface area contributed by atoms with Crippen LogP contribution in [0.1, 0.15) is 53.3 Å². The van der Waals surface area contributed by atoms with Crippen LogP contribution in [0.3, 0.4) is 0 Å². The maximum absolute atomic E-state index is 14.0. The van der Waals surface area contributed by atoms with Crippen LogP contribution < -0.4 is 15.4 Å². The summed E-state index contributed by atoms with van der Waals surface area (Å²) in [6.07, 6.45) is -0.237. The molecular weight excluding hydrogens is 480 g/mol. The van der Waals surface area contributed by atoms with Gasteiger partial charge in [0, 0.05) is 43.5 Å². The number of carbonyl (C=O) groups is 1. The summed E-state index contributed by atoms with van der Waals surface area (Å²) in [6.45, 7) is 3.76. The maximum Gasteiger partial charge on any atom is 0.573 e. The predicted molar refractivity (Wildman–Crippen MR) is 123 cm³/mol. The number of hydrogen-bond acceptors (Lipinski definition) is 6. The van der Waals surface area contributed by atoms with Crippen molar-refractivity contribution >= 4 is 17.4 Å². The van der Waals surface area contributed by atoms with Crippen molar-refractivity contribution in [3.63, 3.8) is 0 Å². The van der Waals surface area contributed by atoms with Gasteiger partial charge in [-0.15, -0.1) is 13.2 Å². The molecule has 12 heteroatoms. The van der Waals surface area contributed by atoms with E-state index in [9.17, 15) is 22.4 Å². The summed E-state index contributed by atoms with van der Waals surface area (Å²) in [5, 5.41) is 4.64. The smallest absolute Gasteiger partial charge is 0.405 e. The zero-order chi connectivity index (χ0) is 25.6. The first-order valence-corrected chi connectivity index (χ1v) is 11.8. The van der Waals surface area contributed by atoms with Gasteiger partial charge >= 0.3 is 6.36 Å². The Morgan fingerprint density at radius 2 is 1.97 bits per heavy atom. The Hall–Kier alpha value is -3.41. The molecule has 2 unspecified atom stereocenters. The molecule has 2 aliphatic rings. The molecule has 1 aromatic carbocycles. The Morgan fingerprint density at radius 1 is 1.17 bits per heavy atom. The Balaban J connectivity index is 1.48. The highest BCUT2D eigenvalue weighted by Crippen LogP contribution is 2.35. The predicted octanol–water partition coefficient (Wildman–Crippen LogP) is 3.98. The van der Waals surface area contributed by atoms with Gasteiger partial charge in [0.25, 0.3) is 5.91 Å². The number of carbonyl (C=O) groups excluding carboxylic acids is 1. The van der Waals surface area contributed by atoms with Crippen LogP contribution >= 0.6 is 0 Å². The minimum absolute atomic E-state index is 0.0961. The minimum Gasteiger partial charge on any atom is -0.405 e. The van der Waals surface area contributed by atoms with E-state index in [0.717, 1.165) is 49.0 Å². The van der Waals surface area contributed by atoms with E-state index in [2.05, 4.69) is 14.7 Å². The SMILES string of the molecule is Cc1cn2nc(C3CCCCN3C(=O)c3cc(F)ccc3OC(F)(F)F)cc2nc1N1CCC(N)C1. The van der Waals surface area contributed by atoms with Crippen molar-refractivity contribution in [2.75, 3.05) is 24.5 Å². The molecule has 3 aromatic rings. The molecule has 0 bridgehead atoms. The number of anilines is 1. The molecule has 4 heterocycles. The van der Waals surface area contributed by atoms with E-state index in [1.165, 1.54) is 4.90 Å². The first kappa shape index (κ1) is 24.3. The lowest BCUT2D eigenvalue weighted by molar-refractivity contribution is -0.274. The van der Waals surface area contributed by atoms with Crippen LogP contribution in [0.4, 0.5) is 23.4 Å². The number of amides is 1. The number of fused-ring (bicyclic) bond motifs is 1. The number of aryl methyl sites for hydroxylation is 1. The highest BCUT2D eigenvalue weighted by molar-refractivity contribution is 5.97. The van der Waals surface area contributed by atoms with Crippen molar-refractivity contribution in [2.24, 2.45) is 5.73 Å². The number of rotatable bonds is 4. The van der Waals surface area contributed by atoms with Gasteiger partial charge in [0.1, 0.15) is 17.4 Å². The van der Waals surface area contributed by atoms with Gasteiger partial charge in [0.15, 0.2) is 5.65 Å². The Bertz CT molecular complexity index is 1290. The van der Waals surface area contributed by atoms with E-state index in [0.29, 0.717) is 37.3 Å². The number of aromatic nitrogens is 3. The average Bonchev–Trinajstić information content (AvgIpc) is 3.44.